The lowest BCUT2D eigenvalue weighted by Gasteiger charge is -2.33. The monoisotopic (exact) mass is 292 g/mol. The minimum Gasteiger partial charge on any atom is -0.493 e. The molecular formula is C16H22NO4+. The Morgan fingerprint density at radius 1 is 1.19 bits per heavy atom. The van der Waals surface area contributed by atoms with Crippen LogP contribution < -0.4 is 4.74 Å². The third kappa shape index (κ3) is 3.10. The maximum Gasteiger partial charge on any atom is 0.349 e. The van der Waals surface area contributed by atoms with E-state index >= 15 is 0 Å². The van der Waals surface area contributed by atoms with E-state index in [1.165, 1.54) is 0 Å². The smallest absolute Gasteiger partial charge is 0.349 e. The predicted molar refractivity (Wildman–Crippen MR) is 75.7 cm³/mol. The van der Waals surface area contributed by atoms with Crippen molar-refractivity contribution in [3.05, 3.63) is 29.8 Å². The Morgan fingerprint density at radius 2 is 1.95 bits per heavy atom. The molecule has 0 aliphatic carbocycles. The van der Waals surface area contributed by atoms with E-state index in [4.69, 9.17) is 9.47 Å². The third-order valence-corrected chi connectivity index (χ3v) is 4.32. The van der Waals surface area contributed by atoms with Gasteiger partial charge in [0, 0.05) is 19.6 Å². The number of ether oxygens (including phenoxy) is 2. The number of amides is 1. The number of hydrogen-bond donors (Lipinski definition) is 1. The molecule has 0 spiro atoms. The maximum atomic E-state index is 12.8. The summed E-state index contributed by atoms with van der Waals surface area (Å²) >= 11 is 0. The molecule has 1 aromatic carbocycles. The quantitative estimate of drug-likeness (QED) is 0.636. The van der Waals surface area contributed by atoms with Crippen molar-refractivity contribution in [2.24, 2.45) is 5.92 Å². The molecule has 5 heteroatoms. The molecule has 1 unspecified atom stereocenters. The Balaban J connectivity index is 1.83. The van der Waals surface area contributed by atoms with Crippen LogP contribution in [-0.4, -0.2) is 42.1 Å². The Hall–Kier alpha value is -1.43. The summed E-state index contributed by atoms with van der Waals surface area (Å²) in [4.78, 5) is 12.8. The van der Waals surface area contributed by atoms with Crippen LogP contribution in [0, 0.1) is 5.92 Å². The summed E-state index contributed by atoms with van der Waals surface area (Å²) in [6, 6.07) is 7.63. The van der Waals surface area contributed by atoms with E-state index in [1.807, 2.05) is 24.3 Å². The third-order valence-electron chi connectivity index (χ3n) is 4.32. The Bertz CT molecular complexity index is 513. The summed E-state index contributed by atoms with van der Waals surface area (Å²) < 4.78 is 10.5. The van der Waals surface area contributed by atoms with Crippen LogP contribution in [-0.2, 0) is 16.1 Å². The highest BCUT2D eigenvalue weighted by molar-refractivity contribution is 5.71. The Labute approximate surface area is 124 Å². The fraction of sp³-hybridized carbons (Fsp3) is 0.562. The number of rotatable bonds is 1. The van der Waals surface area contributed by atoms with Crippen molar-refractivity contribution >= 4 is 5.91 Å². The van der Waals surface area contributed by atoms with Crippen LogP contribution in [0.3, 0.4) is 0 Å². The number of fused-ring (bicyclic) bond motifs is 1. The van der Waals surface area contributed by atoms with E-state index in [0.717, 1.165) is 11.3 Å². The fourth-order valence-electron chi connectivity index (χ4n) is 3.12. The highest BCUT2D eigenvalue weighted by atomic mass is 16.6. The van der Waals surface area contributed by atoms with Gasteiger partial charge in [-0.15, -0.1) is 4.65 Å². The van der Waals surface area contributed by atoms with E-state index in [2.05, 4.69) is 0 Å². The molecule has 1 atom stereocenters. The summed E-state index contributed by atoms with van der Waals surface area (Å²) in [6.07, 6.45) is 2.08. The minimum atomic E-state index is -0.509. The van der Waals surface area contributed by atoms with Crippen molar-refractivity contribution in [2.45, 2.75) is 25.8 Å². The molecule has 5 nitrogen and oxygen atoms in total. The van der Waals surface area contributed by atoms with Gasteiger partial charge in [0.2, 0.25) is 0 Å². The summed E-state index contributed by atoms with van der Waals surface area (Å²) in [5.41, 5.74) is 0.889. The number of hydroxylamine groups is 3. The lowest BCUT2D eigenvalue weighted by atomic mass is 9.97. The average molecular weight is 292 g/mol. The second-order valence-electron chi connectivity index (χ2n) is 5.84. The van der Waals surface area contributed by atoms with Gasteiger partial charge < -0.3 is 9.47 Å². The topological polar surface area (TPSA) is 55.8 Å². The van der Waals surface area contributed by atoms with Crippen molar-refractivity contribution in [2.75, 3.05) is 26.4 Å². The standard InChI is InChI=1S/C16H22NO4/c18-16(13-6-10-20-11-7-13)17(19)8-3-9-21-15-5-2-1-4-14(15)12-17/h1-2,4-5,13,19H,3,6-12H2/q+1. The van der Waals surface area contributed by atoms with Gasteiger partial charge in [0.15, 0.2) is 0 Å². The minimum absolute atomic E-state index is 0.0741. The fourth-order valence-corrected chi connectivity index (χ4v) is 3.12. The van der Waals surface area contributed by atoms with Gasteiger partial charge in [-0.1, -0.05) is 12.1 Å². The number of benzene rings is 1. The SMILES string of the molecule is O=C(C1CCOCC1)[N+]1(O)CCCOc2ccccc2C1. The molecule has 2 aliphatic rings. The Morgan fingerprint density at radius 3 is 2.76 bits per heavy atom. The van der Waals surface area contributed by atoms with Gasteiger partial charge in [0.1, 0.15) is 18.8 Å². The van der Waals surface area contributed by atoms with Crippen molar-refractivity contribution in [3.8, 4) is 5.75 Å². The number of carbonyl (C=O) groups excluding carboxylic acids is 1. The molecule has 3 rings (SSSR count). The molecule has 1 fully saturated rings. The van der Waals surface area contributed by atoms with Crippen molar-refractivity contribution < 1.29 is 24.1 Å². The molecule has 1 amide bonds. The number of quaternary nitrogens is 1. The molecule has 0 bridgehead atoms. The van der Waals surface area contributed by atoms with Gasteiger partial charge in [0.25, 0.3) is 0 Å². The molecule has 0 saturated carbocycles. The summed E-state index contributed by atoms with van der Waals surface area (Å²) in [6.45, 7) is 2.43. The van der Waals surface area contributed by atoms with Crippen LogP contribution in [0.2, 0.25) is 0 Å². The zero-order valence-corrected chi connectivity index (χ0v) is 12.2. The van der Waals surface area contributed by atoms with Crippen molar-refractivity contribution in [1.82, 2.24) is 0 Å². The van der Waals surface area contributed by atoms with Gasteiger partial charge in [-0.2, -0.15) is 0 Å². The first kappa shape index (κ1) is 14.5. The molecule has 21 heavy (non-hydrogen) atoms. The lowest BCUT2D eigenvalue weighted by molar-refractivity contribution is -1.05. The highest BCUT2D eigenvalue weighted by Gasteiger charge is 2.42. The van der Waals surface area contributed by atoms with E-state index in [-0.39, 0.29) is 18.4 Å². The van der Waals surface area contributed by atoms with E-state index in [0.29, 0.717) is 45.6 Å². The van der Waals surface area contributed by atoms with Gasteiger partial charge in [0.05, 0.1) is 18.1 Å². The summed E-state index contributed by atoms with van der Waals surface area (Å²) in [7, 11) is 0. The number of carbonyl (C=O) groups is 1. The molecule has 1 aromatic rings. The first-order valence-corrected chi connectivity index (χ1v) is 7.62. The molecule has 2 aliphatic heterocycles. The van der Waals surface area contributed by atoms with Crippen LogP contribution in [0.15, 0.2) is 24.3 Å². The average Bonchev–Trinajstić information content (AvgIpc) is 2.51. The van der Waals surface area contributed by atoms with Crippen LogP contribution >= 0.6 is 0 Å². The molecule has 114 valence electrons. The predicted octanol–water partition coefficient (Wildman–Crippen LogP) is 2.13. The van der Waals surface area contributed by atoms with E-state index in [9.17, 15) is 10.0 Å². The summed E-state index contributed by atoms with van der Waals surface area (Å²) in [5, 5.41) is 10.9. The molecule has 2 heterocycles. The van der Waals surface area contributed by atoms with Gasteiger partial charge >= 0.3 is 5.91 Å². The normalized spacial score (nSPS) is 27.1. The first-order chi connectivity index (χ1) is 10.2. The molecule has 1 saturated heterocycles. The molecule has 1 N–H and O–H groups in total. The van der Waals surface area contributed by atoms with Crippen LogP contribution in [0.4, 0.5) is 0 Å². The molecule has 0 aromatic heterocycles. The van der Waals surface area contributed by atoms with Gasteiger partial charge in [-0.3, -0.25) is 0 Å². The highest BCUT2D eigenvalue weighted by Crippen LogP contribution is 2.29. The molecular weight excluding hydrogens is 270 g/mol. The van der Waals surface area contributed by atoms with Crippen LogP contribution in [0.1, 0.15) is 24.8 Å². The van der Waals surface area contributed by atoms with Gasteiger partial charge in [-0.05, 0) is 25.0 Å². The lowest BCUT2D eigenvalue weighted by Crippen LogP contribution is -2.54. The van der Waals surface area contributed by atoms with Crippen molar-refractivity contribution in [1.29, 1.82) is 0 Å². The first-order valence-electron chi connectivity index (χ1n) is 7.62. The Kier molecular flexibility index (Phi) is 4.24. The number of hydrogen-bond acceptors (Lipinski definition) is 4. The van der Waals surface area contributed by atoms with Crippen LogP contribution in [0.25, 0.3) is 0 Å². The van der Waals surface area contributed by atoms with Crippen LogP contribution in [0.5, 0.6) is 5.75 Å². The zero-order valence-electron chi connectivity index (χ0n) is 12.2. The van der Waals surface area contributed by atoms with Gasteiger partial charge in [-0.25, -0.2) is 10.0 Å². The second-order valence-corrected chi connectivity index (χ2v) is 5.84. The number of para-hydroxylation sites is 1. The largest absolute Gasteiger partial charge is 0.493 e. The van der Waals surface area contributed by atoms with Crippen molar-refractivity contribution in [3.63, 3.8) is 0 Å². The summed E-state index contributed by atoms with van der Waals surface area (Å²) in [5.74, 6) is 0.597. The van der Waals surface area contributed by atoms with E-state index < -0.39 is 4.65 Å². The molecule has 0 radical (unpaired) electrons. The maximum absolute atomic E-state index is 12.8. The number of nitrogens with zero attached hydrogens (tertiary/aromatic N) is 1. The zero-order chi connectivity index (χ0) is 14.7. The van der Waals surface area contributed by atoms with E-state index in [1.54, 1.807) is 0 Å². The second kappa shape index (κ2) is 6.13.